The molecule has 0 fully saturated rings. The topological polar surface area (TPSA) is 55.0 Å². The van der Waals surface area contributed by atoms with Crippen LogP contribution in [0.4, 0.5) is 13.2 Å². The van der Waals surface area contributed by atoms with Crippen molar-refractivity contribution in [3.63, 3.8) is 0 Å². The number of nitrogens with one attached hydrogen (secondary N) is 1. The zero-order valence-corrected chi connectivity index (χ0v) is 7.52. The van der Waals surface area contributed by atoms with Crippen LogP contribution in [-0.4, -0.2) is 16.8 Å². The minimum Gasteiger partial charge on any atom is -0.376 e. The monoisotopic (exact) mass is 220 g/mol. The van der Waals surface area contributed by atoms with Gasteiger partial charge in [-0.2, -0.15) is 18.3 Å². The van der Waals surface area contributed by atoms with Crippen LogP contribution < -0.4 is 5.56 Å². The van der Waals surface area contributed by atoms with Gasteiger partial charge in [0.2, 0.25) is 0 Å². The molecule has 7 heteroatoms. The van der Waals surface area contributed by atoms with Gasteiger partial charge in [0.05, 0.1) is 18.9 Å². The molecule has 0 saturated carbocycles. The molecule has 0 bridgehead atoms. The van der Waals surface area contributed by atoms with E-state index in [4.69, 9.17) is 4.74 Å². The van der Waals surface area contributed by atoms with Crippen molar-refractivity contribution in [2.75, 3.05) is 6.61 Å². The molecular formula is C8H7F3N2O2. The van der Waals surface area contributed by atoms with Gasteiger partial charge in [0.25, 0.3) is 5.56 Å². The highest BCUT2D eigenvalue weighted by Crippen LogP contribution is 2.31. The smallest absolute Gasteiger partial charge is 0.376 e. The molecule has 1 N–H and O–H groups in total. The fourth-order valence-electron chi connectivity index (χ4n) is 1.53. The Balaban J connectivity index is 2.66. The van der Waals surface area contributed by atoms with Crippen molar-refractivity contribution in [1.82, 2.24) is 10.2 Å². The van der Waals surface area contributed by atoms with E-state index in [9.17, 15) is 18.0 Å². The lowest BCUT2D eigenvalue weighted by Crippen LogP contribution is -2.29. The van der Waals surface area contributed by atoms with Crippen molar-refractivity contribution >= 4 is 0 Å². The Bertz CT molecular complexity index is 438. The summed E-state index contributed by atoms with van der Waals surface area (Å²) in [6, 6.07) is 0. The van der Waals surface area contributed by atoms with Crippen LogP contribution in [0.2, 0.25) is 0 Å². The molecule has 0 aliphatic carbocycles. The molecule has 0 aromatic carbocycles. The number of alkyl halides is 3. The zero-order valence-electron chi connectivity index (χ0n) is 7.52. The van der Waals surface area contributed by atoms with Gasteiger partial charge in [0.1, 0.15) is 5.56 Å². The first-order chi connectivity index (χ1) is 7.00. The van der Waals surface area contributed by atoms with Crippen LogP contribution in [-0.2, 0) is 23.9 Å². The fraction of sp³-hybridized carbons (Fsp3) is 0.500. The molecule has 0 saturated heterocycles. The third kappa shape index (κ3) is 1.74. The summed E-state index contributed by atoms with van der Waals surface area (Å²) in [6.07, 6.45) is -4.38. The predicted molar refractivity (Wildman–Crippen MR) is 43.2 cm³/mol. The molecule has 4 nitrogen and oxygen atoms in total. The maximum absolute atomic E-state index is 12.5. The minimum absolute atomic E-state index is 0.141. The van der Waals surface area contributed by atoms with Gasteiger partial charge < -0.3 is 4.74 Å². The van der Waals surface area contributed by atoms with Gasteiger partial charge in [-0.25, -0.2) is 5.10 Å². The molecule has 0 unspecified atom stereocenters. The van der Waals surface area contributed by atoms with Crippen LogP contribution in [0.25, 0.3) is 0 Å². The SMILES string of the molecule is O=c1[nH]nc2c(c1C(F)(F)F)COCC2. The lowest BCUT2D eigenvalue weighted by molar-refractivity contribution is -0.140. The summed E-state index contributed by atoms with van der Waals surface area (Å²) in [5.74, 6) is 0. The lowest BCUT2D eigenvalue weighted by atomic mass is 10.0. The van der Waals surface area contributed by atoms with Gasteiger partial charge in [-0.15, -0.1) is 0 Å². The van der Waals surface area contributed by atoms with Crippen LogP contribution >= 0.6 is 0 Å². The van der Waals surface area contributed by atoms with E-state index in [0.717, 1.165) is 0 Å². The first kappa shape index (κ1) is 10.2. The van der Waals surface area contributed by atoms with Crippen molar-refractivity contribution < 1.29 is 17.9 Å². The average Bonchev–Trinajstić information content (AvgIpc) is 2.15. The second-order valence-corrected chi connectivity index (χ2v) is 3.15. The summed E-state index contributed by atoms with van der Waals surface area (Å²) in [6.45, 7) is 0.116. The Morgan fingerprint density at radius 3 is 2.80 bits per heavy atom. The highest BCUT2D eigenvalue weighted by molar-refractivity contribution is 5.30. The molecular weight excluding hydrogens is 213 g/mol. The molecule has 15 heavy (non-hydrogen) atoms. The number of rotatable bonds is 0. The summed E-state index contributed by atoms with van der Waals surface area (Å²) in [4.78, 5) is 11.0. The van der Waals surface area contributed by atoms with Gasteiger partial charge >= 0.3 is 6.18 Å². The van der Waals surface area contributed by atoms with E-state index >= 15 is 0 Å². The predicted octanol–water partition coefficient (Wildman–Crippen LogP) is 0.861. The van der Waals surface area contributed by atoms with E-state index in [1.54, 1.807) is 0 Å². The molecule has 1 aromatic heterocycles. The van der Waals surface area contributed by atoms with E-state index in [-0.39, 0.29) is 24.3 Å². The van der Waals surface area contributed by atoms with Gasteiger partial charge in [-0.1, -0.05) is 0 Å². The first-order valence-corrected chi connectivity index (χ1v) is 4.25. The minimum atomic E-state index is -4.67. The fourth-order valence-corrected chi connectivity index (χ4v) is 1.53. The number of fused-ring (bicyclic) bond motifs is 1. The molecule has 2 rings (SSSR count). The van der Waals surface area contributed by atoms with Crippen molar-refractivity contribution in [3.05, 3.63) is 27.2 Å². The number of H-pyrrole nitrogens is 1. The second-order valence-electron chi connectivity index (χ2n) is 3.15. The van der Waals surface area contributed by atoms with Gasteiger partial charge in [-0.05, 0) is 0 Å². The number of aromatic amines is 1. The van der Waals surface area contributed by atoms with Gasteiger partial charge in [0.15, 0.2) is 0 Å². The van der Waals surface area contributed by atoms with E-state index in [1.807, 2.05) is 5.10 Å². The summed E-state index contributed by atoms with van der Waals surface area (Å²) in [5, 5.41) is 5.43. The maximum Gasteiger partial charge on any atom is 0.422 e. The Kier molecular flexibility index (Phi) is 2.26. The molecule has 0 spiro atoms. The number of nitrogens with zero attached hydrogens (tertiary/aromatic N) is 1. The van der Waals surface area contributed by atoms with Crippen LogP contribution in [0.5, 0.6) is 0 Å². The largest absolute Gasteiger partial charge is 0.422 e. The number of hydrogen-bond donors (Lipinski definition) is 1. The van der Waals surface area contributed by atoms with Crippen molar-refractivity contribution in [2.24, 2.45) is 0 Å². The molecule has 0 radical (unpaired) electrons. The molecule has 1 aromatic rings. The maximum atomic E-state index is 12.5. The van der Waals surface area contributed by atoms with Gasteiger partial charge in [0, 0.05) is 12.0 Å². The van der Waals surface area contributed by atoms with Crippen LogP contribution in [0.1, 0.15) is 16.8 Å². The van der Waals surface area contributed by atoms with Crippen LogP contribution in [0.15, 0.2) is 4.79 Å². The molecule has 2 heterocycles. The van der Waals surface area contributed by atoms with Crippen LogP contribution in [0, 0.1) is 0 Å². The highest BCUT2D eigenvalue weighted by Gasteiger charge is 2.38. The van der Waals surface area contributed by atoms with Gasteiger partial charge in [-0.3, -0.25) is 4.79 Å². The number of halogens is 3. The standard InChI is InChI=1S/C8H7F3N2O2/c9-8(10,11)6-4-3-15-2-1-5(4)12-13-7(6)14/h1-3H2,(H,13,14). The zero-order chi connectivity index (χ0) is 11.1. The third-order valence-electron chi connectivity index (χ3n) is 2.18. The summed E-state index contributed by atoms with van der Waals surface area (Å²) < 4.78 is 42.5. The Hall–Kier alpha value is -1.37. The van der Waals surface area contributed by atoms with E-state index in [2.05, 4.69) is 5.10 Å². The van der Waals surface area contributed by atoms with Crippen molar-refractivity contribution in [2.45, 2.75) is 19.2 Å². The van der Waals surface area contributed by atoms with Crippen molar-refractivity contribution in [3.8, 4) is 0 Å². The quantitative estimate of drug-likeness (QED) is 0.705. The number of aromatic nitrogens is 2. The number of ether oxygens (including phenoxy) is 1. The Morgan fingerprint density at radius 1 is 1.40 bits per heavy atom. The normalized spacial score (nSPS) is 16.2. The van der Waals surface area contributed by atoms with Crippen LogP contribution in [0.3, 0.4) is 0 Å². The molecule has 0 atom stereocenters. The second kappa shape index (κ2) is 3.34. The Labute approximate surface area is 82.1 Å². The third-order valence-corrected chi connectivity index (χ3v) is 2.18. The van der Waals surface area contributed by atoms with E-state index in [0.29, 0.717) is 6.61 Å². The average molecular weight is 220 g/mol. The molecule has 1 aliphatic rings. The summed E-state index contributed by atoms with van der Waals surface area (Å²) in [7, 11) is 0. The summed E-state index contributed by atoms with van der Waals surface area (Å²) >= 11 is 0. The summed E-state index contributed by atoms with van der Waals surface area (Å²) in [5.41, 5.74) is -2.29. The lowest BCUT2D eigenvalue weighted by Gasteiger charge is -2.18. The van der Waals surface area contributed by atoms with E-state index < -0.39 is 17.3 Å². The molecule has 0 amide bonds. The van der Waals surface area contributed by atoms with Crippen molar-refractivity contribution in [1.29, 1.82) is 0 Å². The molecule has 1 aliphatic heterocycles. The van der Waals surface area contributed by atoms with E-state index in [1.165, 1.54) is 0 Å². The highest BCUT2D eigenvalue weighted by atomic mass is 19.4. The number of hydrogen-bond acceptors (Lipinski definition) is 3. The molecule has 82 valence electrons. The first-order valence-electron chi connectivity index (χ1n) is 4.25. The Morgan fingerprint density at radius 2 is 2.13 bits per heavy atom.